The zero-order valence-electron chi connectivity index (χ0n) is 12.9. The van der Waals surface area contributed by atoms with Gasteiger partial charge < -0.3 is 0 Å². The summed E-state index contributed by atoms with van der Waals surface area (Å²) in [6.07, 6.45) is 4.27. The Hall–Kier alpha value is -1.89. The molecule has 0 aromatic heterocycles. The summed E-state index contributed by atoms with van der Waals surface area (Å²) in [5.74, 6) is 0.856. The van der Waals surface area contributed by atoms with Crippen molar-refractivity contribution in [1.82, 2.24) is 0 Å². The highest BCUT2D eigenvalue weighted by Crippen LogP contribution is 2.38. The largest absolute Gasteiger partial charge is 0.294 e. The molecule has 0 spiro atoms. The fraction of sp³-hybridized carbons (Fsp3) is 0.350. The minimum atomic E-state index is 0.256. The van der Waals surface area contributed by atoms with Crippen molar-refractivity contribution in [2.24, 2.45) is 0 Å². The van der Waals surface area contributed by atoms with E-state index in [1.807, 2.05) is 12.1 Å². The van der Waals surface area contributed by atoms with Crippen LogP contribution in [0.3, 0.4) is 0 Å². The predicted molar refractivity (Wildman–Crippen MR) is 87.0 cm³/mol. The van der Waals surface area contributed by atoms with Crippen LogP contribution in [0, 0.1) is 13.8 Å². The monoisotopic (exact) mass is 278 g/mol. The molecular formula is C20H22O. The number of rotatable bonds is 4. The molecule has 3 rings (SSSR count). The van der Waals surface area contributed by atoms with E-state index in [0.29, 0.717) is 12.3 Å². The Kier molecular flexibility index (Phi) is 3.92. The van der Waals surface area contributed by atoms with Crippen LogP contribution in [0.2, 0.25) is 0 Å². The van der Waals surface area contributed by atoms with Crippen LogP contribution in [0.1, 0.15) is 57.8 Å². The molecule has 2 aromatic rings. The van der Waals surface area contributed by atoms with Gasteiger partial charge in [0.25, 0.3) is 0 Å². The van der Waals surface area contributed by atoms with Gasteiger partial charge in [0.15, 0.2) is 5.78 Å². The third-order valence-corrected chi connectivity index (χ3v) is 4.66. The quantitative estimate of drug-likeness (QED) is 0.719. The summed E-state index contributed by atoms with van der Waals surface area (Å²) < 4.78 is 0. The fourth-order valence-electron chi connectivity index (χ4n) is 3.09. The van der Waals surface area contributed by atoms with Crippen LogP contribution < -0.4 is 0 Å². The number of hydrogen-bond donors (Lipinski definition) is 0. The van der Waals surface area contributed by atoms with Crippen molar-refractivity contribution in [3.05, 3.63) is 70.3 Å². The molecule has 0 heterocycles. The molecule has 21 heavy (non-hydrogen) atoms. The lowest BCUT2D eigenvalue weighted by molar-refractivity contribution is 0.0990. The standard InChI is InChI=1S/C20H22O/c1-14-10-11-15(2)17(12-14)13-20(21)19-9-4-3-8-18(19)16-6-5-7-16/h3-4,8-12,16H,5-7,13H2,1-2H3. The summed E-state index contributed by atoms with van der Waals surface area (Å²) in [5, 5.41) is 0. The van der Waals surface area contributed by atoms with Crippen LogP contribution in [-0.4, -0.2) is 5.78 Å². The summed E-state index contributed by atoms with van der Waals surface area (Å²) in [5.41, 5.74) is 5.77. The lowest BCUT2D eigenvalue weighted by Gasteiger charge is -2.27. The van der Waals surface area contributed by atoms with E-state index < -0.39 is 0 Å². The normalized spacial score (nSPS) is 14.8. The molecule has 0 radical (unpaired) electrons. The lowest BCUT2D eigenvalue weighted by atomic mass is 9.77. The third-order valence-electron chi connectivity index (χ3n) is 4.66. The number of ketones is 1. The maximum absolute atomic E-state index is 12.7. The molecule has 0 amide bonds. The summed E-state index contributed by atoms with van der Waals surface area (Å²) in [6.45, 7) is 4.16. The summed E-state index contributed by atoms with van der Waals surface area (Å²) in [4.78, 5) is 12.7. The van der Waals surface area contributed by atoms with Crippen molar-refractivity contribution in [2.75, 3.05) is 0 Å². The van der Waals surface area contributed by atoms with Crippen LogP contribution in [0.15, 0.2) is 42.5 Å². The van der Waals surface area contributed by atoms with E-state index in [-0.39, 0.29) is 5.78 Å². The average Bonchev–Trinajstić information content (AvgIpc) is 2.41. The first kappa shape index (κ1) is 14.1. The van der Waals surface area contributed by atoms with E-state index in [0.717, 1.165) is 11.1 Å². The Morgan fingerprint density at radius 1 is 1.10 bits per heavy atom. The minimum absolute atomic E-state index is 0.256. The molecule has 1 aliphatic rings. The van der Waals surface area contributed by atoms with Crippen LogP contribution in [0.25, 0.3) is 0 Å². The van der Waals surface area contributed by atoms with Gasteiger partial charge in [-0.3, -0.25) is 4.79 Å². The van der Waals surface area contributed by atoms with Gasteiger partial charge in [0.05, 0.1) is 0 Å². The molecule has 0 atom stereocenters. The van der Waals surface area contributed by atoms with E-state index >= 15 is 0 Å². The van der Waals surface area contributed by atoms with E-state index in [2.05, 4.69) is 44.2 Å². The van der Waals surface area contributed by atoms with Crippen molar-refractivity contribution in [2.45, 2.75) is 45.4 Å². The molecule has 0 bridgehead atoms. The predicted octanol–water partition coefficient (Wildman–Crippen LogP) is 5.00. The summed E-state index contributed by atoms with van der Waals surface area (Å²) in [7, 11) is 0. The fourth-order valence-corrected chi connectivity index (χ4v) is 3.09. The second kappa shape index (κ2) is 5.85. The third kappa shape index (κ3) is 2.92. The van der Waals surface area contributed by atoms with E-state index in [1.54, 1.807) is 0 Å². The van der Waals surface area contributed by atoms with Gasteiger partial charge in [-0.15, -0.1) is 0 Å². The highest BCUT2D eigenvalue weighted by Gasteiger charge is 2.24. The van der Waals surface area contributed by atoms with Gasteiger partial charge >= 0.3 is 0 Å². The lowest BCUT2D eigenvalue weighted by Crippen LogP contribution is -2.15. The smallest absolute Gasteiger partial charge is 0.167 e. The van der Waals surface area contributed by atoms with Gasteiger partial charge in [0.1, 0.15) is 0 Å². The number of hydrogen-bond acceptors (Lipinski definition) is 1. The molecule has 108 valence electrons. The van der Waals surface area contributed by atoms with Crippen LogP contribution in [-0.2, 0) is 6.42 Å². The zero-order chi connectivity index (χ0) is 14.8. The topological polar surface area (TPSA) is 17.1 Å². The van der Waals surface area contributed by atoms with E-state index in [4.69, 9.17) is 0 Å². The van der Waals surface area contributed by atoms with Gasteiger partial charge in [-0.1, -0.05) is 54.4 Å². The van der Waals surface area contributed by atoms with Gasteiger partial charge in [-0.2, -0.15) is 0 Å². The molecule has 0 aliphatic heterocycles. The Balaban J connectivity index is 1.87. The highest BCUT2D eigenvalue weighted by molar-refractivity contribution is 5.99. The minimum Gasteiger partial charge on any atom is -0.294 e. The van der Waals surface area contributed by atoms with Crippen LogP contribution in [0.4, 0.5) is 0 Å². The van der Waals surface area contributed by atoms with Crippen molar-refractivity contribution < 1.29 is 4.79 Å². The average molecular weight is 278 g/mol. The van der Waals surface area contributed by atoms with Crippen LogP contribution >= 0.6 is 0 Å². The number of carbonyl (C=O) groups excluding carboxylic acids is 1. The highest BCUT2D eigenvalue weighted by atomic mass is 16.1. The second-order valence-electron chi connectivity index (χ2n) is 6.24. The SMILES string of the molecule is Cc1ccc(C)c(CC(=O)c2ccccc2C2CCC2)c1. The number of Topliss-reactive ketones (excluding diaryl/α,β-unsaturated/α-hetero) is 1. The molecule has 1 aliphatic carbocycles. The van der Waals surface area contributed by atoms with Crippen molar-refractivity contribution in [3.63, 3.8) is 0 Å². The molecule has 0 saturated heterocycles. The first-order valence-electron chi connectivity index (χ1n) is 7.83. The first-order chi connectivity index (χ1) is 10.1. The second-order valence-corrected chi connectivity index (χ2v) is 6.24. The molecule has 0 unspecified atom stereocenters. The van der Waals surface area contributed by atoms with Gasteiger partial charge in [0.2, 0.25) is 0 Å². The molecule has 1 nitrogen and oxygen atoms in total. The molecule has 0 N–H and O–H groups in total. The molecule has 1 saturated carbocycles. The van der Waals surface area contributed by atoms with Crippen LogP contribution in [0.5, 0.6) is 0 Å². The van der Waals surface area contributed by atoms with Crippen molar-refractivity contribution in [3.8, 4) is 0 Å². The Morgan fingerprint density at radius 2 is 1.86 bits per heavy atom. The molecular weight excluding hydrogens is 256 g/mol. The van der Waals surface area contributed by atoms with Crippen molar-refractivity contribution in [1.29, 1.82) is 0 Å². The molecule has 1 fully saturated rings. The maximum Gasteiger partial charge on any atom is 0.167 e. The Morgan fingerprint density at radius 3 is 2.57 bits per heavy atom. The number of aryl methyl sites for hydroxylation is 2. The number of benzene rings is 2. The molecule has 1 heteroatoms. The van der Waals surface area contributed by atoms with Gasteiger partial charge in [0, 0.05) is 12.0 Å². The Bertz CT molecular complexity index is 665. The van der Waals surface area contributed by atoms with Gasteiger partial charge in [-0.05, 0) is 49.3 Å². The van der Waals surface area contributed by atoms with Gasteiger partial charge in [-0.25, -0.2) is 0 Å². The van der Waals surface area contributed by atoms with E-state index in [1.165, 1.54) is 36.0 Å². The molecule has 2 aromatic carbocycles. The summed E-state index contributed by atoms with van der Waals surface area (Å²) >= 11 is 0. The maximum atomic E-state index is 12.7. The van der Waals surface area contributed by atoms with E-state index in [9.17, 15) is 4.79 Å². The first-order valence-corrected chi connectivity index (χ1v) is 7.83. The summed E-state index contributed by atoms with van der Waals surface area (Å²) in [6, 6.07) is 14.5. The number of carbonyl (C=O) groups is 1. The Labute approximate surface area is 127 Å². The van der Waals surface area contributed by atoms with Crippen molar-refractivity contribution >= 4 is 5.78 Å². The zero-order valence-corrected chi connectivity index (χ0v) is 12.9.